The Morgan fingerprint density at radius 1 is 1.16 bits per heavy atom. The molecule has 10 heteroatoms. The van der Waals surface area contributed by atoms with E-state index in [0.29, 0.717) is 18.1 Å². The summed E-state index contributed by atoms with van der Waals surface area (Å²) in [5.41, 5.74) is 4.00. The number of sulfone groups is 1. The maximum Gasteiger partial charge on any atom is 0.233 e. The summed E-state index contributed by atoms with van der Waals surface area (Å²) >= 11 is 1.25. The molecule has 3 aromatic rings. The van der Waals surface area contributed by atoms with Crippen LogP contribution in [0.2, 0.25) is 0 Å². The molecule has 0 N–H and O–H groups in total. The summed E-state index contributed by atoms with van der Waals surface area (Å²) in [6.07, 6.45) is 0.464. The fourth-order valence-electron chi connectivity index (χ4n) is 3.94. The minimum atomic E-state index is -3.11. The third-order valence-electron chi connectivity index (χ3n) is 5.38. The van der Waals surface area contributed by atoms with Crippen LogP contribution in [0, 0.1) is 13.8 Å². The molecule has 0 radical (unpaired) electrons. The van der Waals surface area contributed by atoms with E-state index in [-0.39, 0.29) is 29.2 Å². The highest BCUT2D eigenvalue weighted by molar-refractivity contribution is 7.99. The Morgan fingerprint density at radius 3 is 2.53 bits per heavy atom. The fourth-order valence-corrected chi connectivity index (χ4v) is 6.44. The van der Waals surface area contributed by atoms with E-state index in [0.717, 1.165) is 22.4 Å². The maximum atomic E-state index is 13.2. The van der Waals surface area contributed by atoms with Crippen molar-refractivity contribution < 1.29 is 13.2 Å². The van der Waals surface area contributed by atoms with Gasteiger partial charge in [0.05, 0.1) is 22.9 Å². The van der Waals surface area contributed by atoms with Gasteiger partial charge in [0.15, 0.2) is 9.84 Å². The summed E-state index contributed by atoms with van der Waals surface area (Å²) in [4.78, 5) is 14.9. The van der Waals surface area contributed by atoms with Gasteiger partial charge in [-0.3, -0.25) is 4.79 Å². The van der Waals surface area contributed by atoms with Gasteiger partial charge < -0.3 is 4.90 Å². The van der Waals surface area contributed by atoms with E-state index >= 15 is 0 Å². The first kappa shape index (κ1) is 22.5. The predicted molar refractivity (Wildman–Crippen MR) is 123 cm³/mol. The summed E-state index contributed by atoms with van der Waals surface area (Å²) in [5, 5.41) is 12.5. The van der Waals surface area contributed by atoms with Crippen molar-refractivity contribution in [1.29, 1.82) is 0 Å². The normalized spacial score (nSPS) is 17.4. The van der Waals surface area contributed by atoms with Gasteiger partial charge in [0.25, 0.3) is 0 Å². The minimum absolute atomic E-state index is 0.0105. The maximum absolute atomic E-state index is 13.2. The lowest BCUT2D eigenvalue weighted by Crippen LogP contribution is -2.41. The number of aromatic nitrogens is 4. The van der Waals surface area contributed by atoms with E-state index in [1.54, 1.807) is 9.58 Å². The highest BCUT2D eigenvalue weighted by Crippen LogP contribution is 2.24. The number of hydrogen-bond acceptors (Lipinski definition) is 7. The molecule has 2 aromatic carbocycles. The second kappa shape index (κ2) is 9.41. The molecule has 1 aliphatic rings. The van der Waals surface area contributed by atoms with Crippen molar-refractivity contribution in [2.75, 3.05) is 17.3 Å². The molecule has 0 unspecified atom stereocenters. The van der Waals surface area contributed by atoms with Crippen LogP contribution in [0.5, 0.6) is 0 Å². The number of carbonyl (C=O) groups is 1. The number of nitrogens with zero attached hydrogens (tertiary/aromatic N) is 5. The molecule has 1 amide bonds. The lowest BCUT2D eigenvalue weighted by molar-refractivity contribution is -0.130. The van der Waals surface area contributed by atoms with Crippen LogP contribution in [-0.2, 0) is 21.2 Å². The molecule has 0 aliphatic carbocycles. The Hall–Kier alpha value is -2.72. The molecule has 168 valence electrons. The number of amides is 1. The van der Waals surface area contributed by atoms with Crippen LogP contribution in [0.4, 0.5) is 0 Å². The van der Waals surface area contributed by atoms with Crippen LogP contribution >= 0.6 is 11.8 Å². The molecule has 32 heavy (non-hydrogen) atoms. The van der Waals surface area contributed by atoms with Gasteiger partial charge in [0, 0.05) is 12.6 Å². The lowest BCUT2D eigenvalue weighted by atomic mass is 10.1. The molecule has 8 nitrogen and oxygen atoms in total. The van der Waals surface area contributed by atoms with Crippen LogP contribution < -0.4 is 0 Å². The summed E-state index contributed by atoms with van der Waals surface area (Å²) in [7, 11) is -3.11. The van der Waals surface area contributed by atoms with E-state index < -0.39 is 9.84 Å². The summed E-state index contributed by atoms with van der Waals surface area (Å²) in [6, 6.07) is 15.4. The van der Waals surface area contributed by atoms with Gasteiger partial charge in [-0.25, -0.2) is 8.42 Å². The molecule has 1 aromatic heterocycles. The fraction of sp³-hybridized carbons (Fsp3) is 0.364. The number of carbonyl (C=O) groups excluding carboxylic acids is 1. The van der Waals surface area contributed by atoms with Crippen molar-refractivity contribution in [2.45, 2.75) is 38.0 Å². The largest absolute Gasteiger partial charge is 0.334 e. The van der Waals surface area contributed by atoms with E-state index in [1.807, 2.05) is 56.3 Å². The lowest BCUT2D eigenvalue weighted by Gasteiger charge is -2.28. The molecule has 0 spiro atoms. The summed E-state index contributed by atoms with van der Waals surface area (Å²) < 4.78 is 25.7. The zero-order valence-electron chi connectivity index (χ0n) is 18.0. The van der Waals surface area contributed by atoms with Crippen LogP contribution in [0.1, 0.15) is 23.1 Å². The zero-order valence-corrected chi connectivity index (χ0v) is 19.6. The van der Waals surface area contributed by atoms with Crippen molar-refractivity contribution in [2.24, 2.45) is 0 Å². The SMILES string of the molecule is Cc1cc(C)cc(-n2nnnc2SCC(=O)N(Cc2ccccc2)[C@@H]2CCS(=O)(=O)C2)c1. The highest BCUT2D eigenvalue weighted by Gasteiger charge is 2.34. The Morgan fingerprint density at radius 2 is 1.88 bits per heavy atom. The van der Waals surface area contributed by atoms with Gasteiger partial charge in [-0.05, 0) is 59.5 Å². The van der Waals surface area contributed by atoms with Crippen LogP contribution in [0.3, 0.4) is 0 Å². The Bertz CT molecular complexity index is 1190. The van der Waals surface area contributed by atoms with Crippen LogP contribution in [0.15, 0.2) is 53.7 Å². The molecule has 2 heterocycles. The van der Waals surface area contributed by atoms with E-state index in [1.165, 1.54) is 11.8 Å². The van der Waals surface area contributed by atoms with Gasteiger partial charge in [0.1, 0.15) is 0 Å². The summed E-state index contributed by atoms with van der Waals surface area (Å²) in [6.45, 7) is 4.39. The number of tetrazole rings is 1. The van der Waals surface area contributed by atoms with E-state index in [9.17, 15) is 13.2 Å². The average Bonchev–Trinajstić information content (AvgIpc) is 3.36. The van der Waals surface area contributed by atoms with Crippen LogP contribution in [0.25, 0.3) is 5.69 Å². The molecule has 0 saturated carbocycles. The third-order valence-corrected chi connectivity index (χ3v) is 8.04. The zero-order chi connectivity index (χ0) is 22.7. The smallest absolute Gasteiger partial charge is 0.233 e. The topological polar surface area (TPSA) is 98.1 Å². The van der Waals surface area contributed by atoms with Crippen molar-refractivity contribution in [3.8, 4) is 5.69 Å². The van der Waals surface area contributed by atoms with Gasteiger partial charge in [-0.2, -0.15) is 4.68 Å². The standard InChI is InChI=1S/C22H25N5O3S2/c1-16-10-17(2)12-20(11-16)27-22(23-24-25-27)31-14-21(28)26(13-18-6-4-3-5-7-18)19-8-9-32(29,30)15-19/h3-7,10-12,19H,8-9,13-15H2,1-2H3/t19-/m1/s1. The first-order valence-corrected chi connectivity index (χ1v) is 13.1. The number of thioether (sulfide) groups is 1. The highest BCUT2D eigenvalue weighted by atomic mass is 32.2. The Labute approximate surface area is 191 Å². The number of benzene rings is 2. The number of rotatable bonds is 7. The van der Waals surface area contributed by atoms with Crippen molar-refractivity contribution >= 4 is 27.5 Å². The average molecular weight is 472 g/mol. The molecule has 0 bridgehead atoms. The molecular weight excluding hydrogens is 446 g/mol. The molecule has 1 saturated heterocycles. The molecule has 1 fully saturated rings. The van der Waals surface area contributed by atoms with Crippen molar-refractivity contribution in [1.82, 2.24) is 25.1 Å². The van der Waals surface area contributed by atoms with Crippen molar-refractivity contribution in [3.63, 3.8) is 0 Å². The quantitative estimate of drug-likeness (QED) is 0.489. The van der Waals surface area contributed by atoms with Gasteiger partial charge in [0.2, 0.25) is 11.1 Å². The van der Waals surface area contributed by atoms with E-state index in [2.05, 4.69) is 21.6 Å². The predicted octanol–water partition coefficient (Wildman–Crippen LogP) is 2.59. The van der Waals surface area contributed by atoms with Crippen LogP contribution in [-0.4, -0.2) is 62.7 Å². The second-order valence-corrected chi connectivity index (χ2v) is 11.2. The molecule has 1 atom stereocenters. The first-order chi connectivity index (χ1) is 15.3. The van der Waals surface area contributed by atoms with Crippen molar-refractivity contribution in [3.05, 3.63) is 65.2 Å². The van der Waals surface area contributed by atoms with Gasteiger partial charge in [-0.15, -0.1) is 5.10 Å². The molecule has 4 rings (SSSR count). The van der Waals surface area contributed by atoms with E-state index in [4.69, 9.17) is 0 Å². The number of hydrogen-bond donors (Lipinski definition) is 0. The third kappa shape index (κ3) is 5.36. The second-order valence-electron chi connectivity index (χ2n) is 8.07. The molecular formula is C22H25N5O3S2. The van der Waals surface area contributed by atoms with Gasteiger partial charge >= 0.3 is 0 Å². The Balaban J connectivity index is 1.51. The van der Waals surface area contributed by atoms with Gasteiger partial charge in [-0.1, -0.05) is 48.2 Å². The Kier molecular flexibility index (Phi) is 6.61. The monoisotopic (exact) mass is 471 g/mol. The summed E-state index contributed by atoms with van der Waals surface area (Å²) in [5.74, 6) is 0.121. The first-order valence-electron chi connectivity index (χ1n) is 10.3. The minimum Gasteiger partial charge on any atom is -0.334 e. The number of aryl methyl sites for hydroxylation is 2. The molecule has 1 aliphatic heterocycles.